The first kappa shape index (κ1) is 59.3. The third kappa shape index (κ3) is 22.2. The van der Waals surface area contributed by atoms with Gasteiger partial charge in [-0.05, 0) is 79.2 Å². The standard InChI is InChI=1S/C18H20O6.C9H10O3.C7H8O2.C6H4O2.C3H4O2.CO2.2CH4/c1-21-13-6-4-5-7-15(13)24-17(11-19)18(20)12-8-9-14(22-2)16(10-12)23-3;1-6-3-4-7(9(10)11)5-8(6)12-2;1-9-7-5-3-2-4-6(7)8;7-5-3-1-2-4-6(5)8;1-2-3(4)5;2-1-3;;/h4-10,17,19H,11H2,1-3H3;3-5H,1-2H3,(H,10,11);2-5,8H,1H3;1-4H;2H,1H2,(H,4,5);;2*1H4. The Balaban J connectivity index is -0.000000774. The summed E-state index contributed by atoms with van der Waals surface area (Å²) in [5.74, 6) is -0.0587. The summed E-state index contributed by atoms with van der Waals surface area (Å²) in [7, 11) is 7.55. The molecule has 17 nitrogen and oxygen atoms in total. The van der Waals surface area contributed by atoms with Crippen LogP contribution in [-0.2, 0) is 24.0 Å². The summed E-state index contributed by atoms with van der Waals surface area (Å²) in [6.45, 7) is 4.36. The molecule has 1 aliphatic carbocycles. The normalized spacial score (nSPS) is 10.3. The van der Waals surface area contributed by atoms with Gasteiger partial charge in [-0.1, -0.05) is 63.9 Å². The average Bonchev–Trinajstić information content (AvgIpc) is 3.27. The zero-order valence-corrected chi connectivity index (χ0v) is 34.1. The van der Waals surface area contributed by atoms with Crippen molar-refractivity contribution in [3.8, 4) is 40.2 Å². The Morgan fingerprint density at radius 3 is 1.46 bits per heavy atom. The molecule has 0 aromatic heterocycles. The third-order valence-electron chi connectivity index (χ3n) is 7.23. The Hall–Kier alpha value is -8.01. The van der Waals surface area contributed by atoms with Crippen molar-refractivity contribution in [1.29, 1.82) is 0 Å². The zero-order chi connectivity index (χ0) is 46.3. The summed E-state index contributed by atoms with van der Waals surface area (Å²) in [6, 6.07) is 23.3. The number of rotatable bonds is 12. The van der Waals surface area contributed by atoms with E-state index in [4.69, 9.17) is 53.3 Å². The molecule has 0 spiro atoms. The number of phenols is 1. The van der Waals surface area contributed by atoms with Gasteiger partial charge in [-0.25, -0.2) is 9.59 Å². The van der Waals surface area contributed by atoms with E-state index in [1.165, 1.54) is 53.8 Å². The number of Topliss-reactive ketones (excluding diaryl/α,β-unsaturated/α-hetero) is 1. The van der Waals surface area contributed by atoms with Gasteiger partial charge in [0.15, 0.2) is 40.6 Å². The predicted octanol–water partition coefficient (Wildman–Crippen LogP) is 6.63. The lowest BCUT2D eigenvalue weighted by Gasteiger charge is -2.18. The maximum Gasteiger partial charge on any atom is 0.373 e. The van der Waals surface area contributed by atoms with Crippen molar-refractivity contribution in [3.63, 3.8) is 0 Å². The Morgan fingerprint density at radius 1 is 0.651 bits per heavy atom. The van der Waals surface area contributed by atoms with Crippen LogP contribution in [0.3, 0.4) is 0 Å². The van der Waals surface area contributed by atoms with Crippen molar-refractivity contribution >= 4 is 35.4 Å². The minimum Gasteiger partial charge on any atom is -0.504 e. The highest BCUT2D eigenvalue weighted by molar-refractivity contribution is 6.46. The average molecular weight is 879 g/mol. The van der Waals surface area contributed by atoms with Crippen LogP contribution < -0.4 is 28.4 Å². The monoisotopic (exact) mass is 878 g/mol. The number of ether oxygens (including phenoxy) is 6. The molecule has 0 saturated heterocycles. The molecule has 1 atom stereocenters. The number of hydrogen-bond donors (Lipinski definition) is 4. The fourth-order valence-electron chi connectivity index (χ4n) is 4.25. The molecule has 1 unspecified atom stereocenters. The first-order valence-electron chi connectivity index (χ1n) is 17.3. The van der Waals surface area contributed by atoms with E-state index in [1.54, 1.807) is 91.0 Å². The first-order chi connectivity index (χ1) is 29.1. The second-order valence-corrected chi connectivity index (χ2v) is 11.1. The van der Waals surface area contributed by atoms with E-state index < -0.39 is 36.2 Å². The number of carboxylic acid groups (broad SMARTS) is 2. The molecular formula is C46H54O17. The number of aromatic hydroxyl groups is 1. The van der Waals surface area contributed by atoms with Crippen LogP contribution in [0.4, 0.5) is 0 Å². The van der Waals surface area contributed by atoms with Crippen LogP contribution in [-0.4, -0.2) is 104 Å². The van der Waals surface area contributed by atoms with E-state index in [2.05, 4.69) is 6.58 Å². The summed E-state index contributed by atoms with van der Waals surface area (Å²) in [5.41, 5.74) is 1.53. The minimum absolute atomic E-state index is 0. The number of aryl methyl sites for hydroxylation is 1. The highest BCUT2D eigenvalue weighted by Gasteiger charge is 2.24. The number of aromatic carboxylic acids is 1. The molecule has 0 bridgehead atoms. The molecule has 63 heavy (non-hydrogen) atoms. The van der Waals surface area contributed by atoms with Gasteiger partial charge in [0.2, 0.25) is 17.3 Å². The third-order valence-corrected chi connectivity index (χ3v) is 7.23. The van der Waals surface area contributed by atoms with Gasteiger partial charge in [0.05, 0.1) is 47.7 Å². The van der Waals surface area contributed by atoms with Gasteiger partial charge >= 0.3 is 18.1 Å². The van der Waals surface area contributed by atoms with Gasteiger partial charge in [0.1, 0.15) is 5.75 Å². The number of hydrogen-bond acceptors (Lipinski definition) is 15. The zero-order valence-electron chi connectivity index (χ0n) is 34.1. The van der Waals surface area contributed by atoms with Crippen LogP contribution in [0, 0.1) is 6.92 Å². The van der Waals surface area contributed by atoms with Crippen LogP contribution in [0.5, 0.6) is 40.2 Å². The summed E-state index contributed by atoms with van der Waals surface area (Å²) in [6.07, 6.45) is 5.62. The summed E-state index contributed by atoms with van der Waals surface area (Å²) < 4.78 is 30.9. The summed E-state index contributed by atoms with van der Waals surface area (Å²) >= 11 is 0. The smallest absolute Gasteiger partial charge is 0.373 e. The molecule has 17 heteroatoms. The SMILES string of the molecule is C.C.C=CC(=O)O.COc1cc(C(=O)O)ccc1C.COc1ccc(C(=O)C(CO)Oc2ccccc2OC)cc1OC.COc1ccccc1O.O=C1C=CC=CC1=O.O=C=O. The molecule has 0 heterocycles. The highest BCUT2D eigenvalue weighted by atomic mass is 16.5. The Labute approximate surface area is 366 Å². The lowest BCUT2D eigenvalue weighted by atomic mass is 10.1. The fraction of sp³-hybridized carbons (Fsp3) is 0.217. The van der Waals surface area contributed by atoms with E-state index in [0.29, 0.717) is 40.1 Å². The molecule has 0 fully saturated rings. The van der Waals surface area contributed by atoms with Crippen LogP contribution >= 0.6 is 0 Å². The van der Waals surface area contributed by atoms with Crippen LogP contribution in [0.25, 0.3) is 0 Å². The van der Waals surface area contributed by atoms with Gasteiger partial charge in [-0.3, -0.25) is 14.4 Å². The summed E-state index contributed by atoms with van der Waals surface area (Å²) in [5, 5.41) is 34.8. The Morgan fingerprint density at radius 2 is 1.06 bits per heavy atom. The first-order valence-corrected chi connectivity index (χ1v) is 17.3. The topological polar surface area (TPSA) is 256 Å². The number of methoxy groups -OCH3 is 5. The molecule has 4 N–H and O–H groups in total. The number of benzene rings is 4. The number of allylic oxidation sites excluding steroid dienone is 4. The van der Waals surface area contributed by atoms with E-state index in [1.807, 2.05) is 6.92 Å². The number of carbonyl (C=O) groups is 5. The number of phenolic OH excluding ortho intramolecular Hbond substituents is 1. The number of aliphatic carboxylic acids is 1. The molecule has 340 valence electrons. The van der Waals surface area contributed by atoms with Crippen LogP contribution in [0.1, 0.15) is 41.1 Å². The lowest BCUT2D eigenvalue weighted by molar-refractivity contribution is -0.191. The number of aliphatic hydroxyl groups is 1. The lowest BCUT2D eigenvalue weighted by Crippen LogP contribution is -2.31. The minimum atomic E-state index is -1.06. The van der Waals surface area contributed by atoms with Crippen molar-refractivity contribution in [2.75, 3.05) is 42.2 Å². The highest BCUT2D eigenvalue weighted by Crippen LogP contribution is 2.30. The van der Waals surface area contributed by atoms with Crippen LogP contribution in [0.15, 0.2) is 122 Å². The molecule has 4 aromatic carbocycles. The molecule has 4 aromatic rings. The number of aliphatic hydroxyl groups excluding tert-OH is 1. The van der Waals surface area contributed by atoms with Crippen molar-refractivity contribution in [2.24, 2.45) is 0 Å². The largest absolute Gasteiger partial charge is 0.504 e. The van der Waals surface area contributed by atoms with Crippen molar-refractivity contribution < 1.29 is 82.4 Å². The predicted molar refractivity (Wildman–Crippen MR) is 232 cm³/mol. The maximum atomic E-state index is 12.6. The summed E-state index contributed by atoms with van der Waals surface area (Å²) in [4.78, 5) is 69.3. The number of carbonyl (C=O) groups excluding carboxylic acids is 5. The van der Waals surface area contributed by atoms with Gasteiger partial charge in [-0.2, -0.15) is 9.59 Å². The van der Waals surface area contributed by atoms with E-state index in [-0.39, 0.29) is 38.1 Å². The maximum absolute atomic E-state index is 12.6. The van der Waals surface area contributed by atoms with Crippen LogP contribution in [0.2, 0.25) is 0 Å². The van der Waals surface area contributed by atoms with Gasteiger partial charge in [-0.15, -0.1) is 0 Å². The molecule has 1 aliphatic rings. The van der Waals surface area contributed by atoms with Crippen molar-refractivity contribution in [3.05, 3.63) is 139 Å². The number of para-hydroxylation sites is 4. The fourth-order valence-corrected chi connectivity index (χ4v) is 4.25. The molecule has 0 aliphatic heterocycles. The molecule has 0 saturated carbocycles. The second kappa shape index (κ2) is 33.8. The van der Waals surface area contributed by atoms with Gasteiger partial charge in [0, 0.05) is 11.6 Å². The molecule has 0 radical (unpaired) electrons. The van der Waals surface area contributed by atoms with Crippen molar-refractivity contribution in [2.45, 2.75) is 27.9 Å². The van der Waals surface area contributed by atoms with E-state index in [0.717, 1.165) is 11.6 Å². The quantitative estimate of drug-likeness (QED) is 0.0504. The molecule has 0 amide bonds. The van der Waals surface area contributed by atoms with Gasteiger partial charge in [0.25, 0.3) is 0 Å². The van der Waals surface area contributed by atoms with E-state index >= 15 is 0 Å². The molecular weight excluding hydrogens is 824 g/mol. The molecule has 5 rings (SSSR count). The Bertz CT molecular complexity index is 2130. The number of carboxylic acids is 2. The number of ketones is 3. The second-order valence-electron chi connectivity index (χ2n) is 11.1. The van der Waals surface area contributed by atoms with Crippen molar-refractivity contribution in [1.82, 2.24) is 0 Å². The van der Waals surface area contributed by atoms with E-state index in [9.17, 15) is 29.1 Å². The van der Waals surface area contributed by atoms with Gasteiger partial charge < -0.3 is 48.8 Å². The Kier molecular flexibility index (Phi) is 31.8.